The van der Waals surface area contributed by atoms with Gasteiger partial charge in [0.2, 0.25) is 5.91 Å². The number of carbonyl (C=O) groups is 1. The summed E-state index contributed by atoms with van der Waals surface area (Å²) in [4.78, 5) is 11.3. The number of hydrogen-bond donors (Lipinski definition) is 3. The van der Waals surface area contributed by atoms with Gasteiger partial charge < -0.3 is 15.7 Å². The molecule has 1 saturated heterocycles. The van der Waals surface area contributed by atoms with Crippen molar-refractivity contribution in [2.24, 2.45) is 5.92 Å². The Bertz CT molecular complexity index is 177. The molecular formula is C10H20N2O2. The van der Waals surface area contributed by atoms with Gasteiger partial charge in [-0.2, -0.15) is 0 Å². The highest BCUT2D eigenvalue weighted by Crippen LogP contribution is 2.13. The van der Waals surface area contributed by atoms with Crippen LogP contribution in [0.3, 0.4) is 0 Å². The molecule has 1 aliphatic rings. The van der Waals surface area contributed by atoms with E-state index in [1.807, 2.05) is 0 Å². The molecule has 4 heteroatoms. The first-order valence-corrected chi connectivity index (χ1v) is 5.34. The SMILES string of the molecule is C[C@H](O)CNC(=O)CCC1CCNC1. The molecule has 0 spiro atoms. The Morgan fingerprint density at radius 2 is 2.50 bits per heavy atom. The molecule has 1 fully saturated rings. The summed E-state index contributed by atoms with van der Waals surface area (Å²) in [6, 6.07) is 0. The van der Waals surface area contributed by atoms with E-state index in [1.54, 1.807) is 6.92 Å². The maximum atomic E-state index is 11.3. The molecule has 1 aliphatic heterocycles. The number of nitrogens with one attached hydrogen (secondary N) is 2. The van der Waals surface area contributed by atoms with Crippen LogP contribution in [0, 0.1) is 5.92 Å². The van der Waals surface area contributed by atoms with Gasteiger partial charge >= 0.3 is 0 Å². The van der Waals surface area contributed by atoms with Crippen LogP contribution < -0.4 is 10.6 Å². The monoisotopic (exact) mass is 200 g/mol. The lowest BCUT2D eigenvalue weighted by molar-refractivity contribution is -0.121. The van der Waals surface area contributed by atoms with Crippen molar-refractivity contribution in [3.63, 3.8) is 0 Å². The highest BCUT2D eigenvalue weighted by molar-refractivity contribution is 5.75. The molecule has 0 saturated carbocycles. The van der Waals surface area contributed by atoms with E-state index in [0.717, 1.165) is 19.5 Å². The molecule has 0 radical (unpaired) electrons. The number of hydrogen-bond acceptors (Lipinski definition) is 3. The quantitative estimate of drug-likeness (QED) is 0.579. The standard InChI is InChI=1S/C10H20N2O2/c1-8(13)6-12-10(14)3-2-9-4-5-11-7-9/h8-9,11,13H,2-7H2,1H3,(H,12,14)/t8-,9?/m0/s1. The molecule has 0 aromatic carbocycles. The van der Waals surface area contributed by atoms with Gasteiger partial charge in [-0.05, 0) is 38.8 Å². The van der Waals surface area contributed by atoms with Crippen LogP contribution in [0.5, 0.6) is 0 Å². The van der Waals surface area contributed by atoms with Crippen molar-refractivity contribution < 1.29 is 9.90 Å². The molecule has 1 rings (SSSR count). The molecule has 0 aromatic heterocycles. The predicted octanol–water partition coefficient (Wildman–Crippen LogP) is -0.127. The van der Waals surface area contributed by atoms with Gasteiger partial charge in [0.15, 0.2) is 0 Å². The molecule has 1 amide bonds. The van der Waals surface area contributed by atoms with Gasteiger partial charge in [-0.15, -0.1) is 0 Å². The van der Waals surface area contributed by atoms with Crippen molar-refractivity contribution >= 4 is 5.91 Å². The molecule has 14 heavy (non-hydrogen) atoms. The van der Waals surface area contributed by atoms with Gasteiger partial charge in [-0.1, -0.05) is 0 Å². The van der Waals surface area contributed by atoms with Gasteiger partial charge in [-0.3, -0.25) is 4.79 Å². The minimum Gasteiger partial charge on any atom is -0.392 e. The molecular weight excluding hydrogens is 180 g/mol. The second-order valence-electron chi connectivity index (χ2n) is 4.05. The van der Waals surface area contributed by atoms with Crippen molar-refractivity contribution in [3.8, 4) is 0 Å². The fraction of sp³-hybridized carbons (Fsp3) is 0.900. The Morgan fingerprint density at radius 1 is 1.71 bits per heavy atom. The van der Waals surface area contributed by atoms with E-state index in [1.165, 1.54) is 6.42 Å². The molecule has 0 aliphatic carbocycles. The van der Waals surface area contributed by atoms with E-state index in [-0.39, 0.29) is 5.91 Å². The third-order valence-corrected chi connectivity index (χ3v) is 2.54. The fourth-order valence-electron chi connectivity index (χ4n) is 1.65. The van der Waals surface area contributed by atoms with Gasteiger partial charge in [0.05, 0.1) is 6.10 Å². The van der Waals surface area contributed by atoms with E-state index in [0.29, 0.717) is 18.9 Å². The Balaban J connectivity index is 2.02. The van der Waals surface area contributed by atoms with Gasteiger partial charge in [0.25, 0.3) is 0 Å². The van der Waals surface area contributed by atoms with Crippen LogP contribution in [0.25, 0.3) is 0 Å². The summed E-state index contributed by atoms with van der Waals surface area (Å²) in [5, 5.41) is 14.9. The minimum absolute atomic E-state index is 0.0535. The summed E-state index contributed by atoms with van der Waals surface area (Å²) in [5.41, 5.74) is 0. The molecule has 0 aromatic rings. The number of aliphatic hydroxyl groups excluding tert-OH is 1. The third-order valence-electron chi connectivity index (χ3n) is 2.54. The number of carbonyl (C=O) groups excluding carboxylic acids is 1. The van der Waals surface area contributed by atoms with E-state index in [9.17, 15) is 4.79 Å². The summed E-state index contributed by atoms with van der Waals surface area (Å²) >= 11 is 0. The molecule has 1 unspecified atom stereocenters. The van der Waals surface area contributed by atoms with Gasteiger partial charge in [0, 0.05) is 13.0 Å². The Hall–Kier alpha value is -0.610. The topological polar surface area (TPSA) is 61.4 Å². The first-order chi connectivity index (χ1) is 6.68. The third kappa shape index (κ3) is 4.58. The van der Waals surface area contributed by atoms with Crippen LogP contribution in [-0.4, -0.2) is 36.8 Å². The predicted molar refractivity (Wildman–Crippen MR) is 54.9 cm³/mol. The zero-order valence-electron chi connectivity index (χ0n) is 8.75. The zero-order chi connectivity index (χ0) is 10.4. The minimum atomic E-state index is -0.452. The lowest BCUT2D eigenvalue weighted by Gasteiger charge is -2.09. The number of amides is 1. The molecule has 0 bridgehead atoms. The largest absolute Gasteiger partial charge is 0.392 e. The molecule has 2 atom stereocenters. The van der Waals surface area contributed by atoms with Crippen molar-refractivity contribution in [2.75, 3.05) is 19.6 Å². The van der Waals surface area contributed by atoms with Crippen LogP contribution in [0.2, 0.25) is 0 Å². The van der Waals surface area contributed by atoms with E-state index in [2.05, 4.69) is 10.6 Å². The summed E-state index contributed by atoms with van der Waals surface area (Å²) in [7, 11) is 0. The zero-order valence-corrected chi connectivity index (χ0v) is 8.75. The normalized spacial score (nSPS) is 23.4. The van der Waals surface area contributed by atoms with E-state index < -0.39 is 6.10 Å². The van der Waals surface area contributed by atoms with Gasteiger partial charge in [0.1, 0.15) is 0 Å². The summed E-state index contributed by atoms with van der Waals surface area (Å²) in [6.07, 6.45) is 2.27. The second kappa shape index (κ2) is 5.98. The highest BCUT2D eigenvalue weighted by atomic mass is 16.3. The molecule has 3 N–H and O–H groups in total. The maximum Gasteiger partial charge on any atom is 0.220 e. The smallest absolute Gasteiger partial charge is 0.220 e. The van der Waals surface area contributed by atoms with Crippen LogP contribution in [-0.2, 0) is 4.79 Å². The lowest BCUT2D eigenvalue weighted by Crippen LogP contribution is -2.30. The van der Waals surface area contributed by atoms with Crippen molar-refractivity contribution in [2.45, 2.75) is 32.3 Å². The van der Waals surface area contributed by atoms with Crippen LogP contribution in [0.15, 0.2) is 0 Å². The fourth-order valence-corrected chi connectivity index (χ4v) is 1.65. The van der Waals surface area contributed by atoms with Gasteiger partial charge in [-0.25, -0.2) is 0 Å². The summed E-state index contributed by atoms with van der Waals surface area (Å²) in [6.45, 7) is 4.16. The first-order valence-electron chi connectivity index (χ1n) is 5.34. The van der Waals surface area contributed by atoms with E-state index in [4.69, 9.17) is 5.11 Å². The average molecular weight is 200 g/mol. The molecule has 1 heterocycles. The lowest BCUT2D eigenvalue weighted by atomic mass is 10.0. The maximum absolute atomic E-state index is 11.3. The average Bonchev–Trinajstić information content (AvgIpc) is 2.63. The highest BCUT2D eigenvalue weighted by Gasteiger charge is 2.15. The van der Waals surface area contributed by atoms with Crippen LogP contribution in [0.4, 0.5) is 0 Å². The Morgan fingerprint density at radius 3 is 3.07 bits per heavy atom. The summed E-state index contributed by atoms with van der Waals surface area (Å²) < 4.78 is 0. The molecule has 4 nitrogen and oxygen atoms in total. The second-order valence-corrected chi connectivity index (χ2v) is 4.05. The first kappa shape index (κ1) is 11.5. The van der Waals surface area contributed by atoms with Crippen molar-refractivity contribution in [3.05, 3.63) is 0 Å². The Labute approximate surface area is 85.1 Å². The van der Waals surface area contributed by atoms with Crippen molar-refractivity contribution in [1.29, 1.82) is 0 Å². The van der Waals surface area contributed by atoms with E-state index >= 15 is 0 Å². The molecule has 82 valence electrons. The summed E-state index contributed by atoms with van der Waals surface area (Å²) in [5.74, 6) is 0.713. The number of aliphatic hydroxyl groups is 1. The van der Waals surface area contributed by atoms with Crippen molar-refractivity contribution in [1.82, 2.24) is 10.6 Å². The van der Waals surface area contributed by atoms with Crippen LogP contribution >= 0.6 is 0 Å². The Kier molecular flexibility index (Phi) is 4.90. The number of rotatable bonds is 5. The van der Waals surface area contributed by atoms with Crippen LogP contribution in [0.1, 0.15) is 26.2 Å².